The first kappa shape index (κ1) is 20.4. The minimum Gasteiger partial charge on any atom is -0.312 e. The van der Waals surface area contributed by atoms with Crippen molar-refractivity contribution in [2.45, 2.75) is 51.9 Å². The third kappa shape index (κ3) is 4.38. The molecule has 1 heterocycles. The van der Waals surface area contributed by atoms with Crippen LogP contribution in [0.1, 0.15) is 43.4 Å². The first-order valence-electron chi connectivity index (χ1n) is 9.71. The lowest BCUT2D eigenvalue weighted by molar-refractivity contribution is -0.118. The number of benzene rings is 2. The highest BCUT2D eigenvalue weighted by molar-refractivity contribution is 7.92. The van der Waals surface area contributed by atoms with Crippen molar-refractivity contribution < 1.29 is 13.2 Å². The fraction of sp³-hybridized carbons (Fsp3) is 0.409. The maximum absolute atomic E-state index is 12.9. The molecule has 0 saturated carbocycles. The summed E-state index contributed by atoms with van der Waals surface area (Å²) >= 11 is 0. The molecule has 28 heavy (non-hydrogen) atoms. The van der Waals surface area contributed by atoms with Gasteiger partial charge >= 0.3 is 0 Å². The monoisotopic (exact) mass is 400 g/mol. The highest BCUT2D eigenvalue weighted by atomic mass is 32.2. The molecule has 0 saturated heterocycles. The minimum absolute atomic E-state index is 0.136. The molecule has 1 amide bonds. The van der Waals surface area contributed by atoms with Gasteiger partial charge in [-0.25, -0.2) is 8.42 Å². The van der Waals surface area contributed by atoms with Crippen LogP contribution in [0.25, 0.3) is 0 Å². The average Bonchev–Trinajstić information content (AvgIpc) is 2.62. The minimum atomic E-state index is -3.67. The van der Waals surface area contributed by atoms with Gasteiger partial charge in [0.25, 0.3) is 10.0 Å². The second kappa shape index (κ2) is 7.95. The lowest BCUT2D eigenvalue weighted by Crippen LogP contribution is -2.36. The molecule has 2 aromatic carbocycles. The fourth-order valence-electron chi connectivity index (χ4n) is 3.46. The molecule has 5 nitrogen and oxygen atoms in total. The Labute approximate surface area is 167 Å². The van der Waals surface area contributed by atoms with Crippen LogP contribution in [0, 0.1) is 19.8 Å². The number of nitrogens with one attached hydrogen (secondary N) is 1. The Balaban J connectivity index is 1.87. The van der Waals surface area contributed by atoms with Crippen molar-refractivity contribution in [1.82, 2.24) is 0 Å². The van der Waals surface area contributed by atoms with E-state index in [9.17, 15) is 13.2 Å². The summed E-state index contributed by atoms with van der Waals surface area (Å²) in [6, 6.07) is 10.8. The summed E-state index contributed by atoms with van der Waals surface area (Å²) in [4.78, 5) is 14.5. The number of anilines is 2. The van der Waals surface area contributed by atoms with Crippen LogP contribution in [0.3, 0.4) is 0 Å². The Hall–Kier alpha value is -2.34. The first-order valence-corrected chi connectivity index (χ1v) is 11.2. The van der Waals surface area contributed by atoms with Crippen LogP contribution in [0.2, 0.25) is 0 Å². The van der Waals surface area contributed by atoms with Crippen molar-refractivity contribution in [2.24, 2.45) is 5.92 Å². The van der Waals surface area contributed by atoms with E-state index in [0.717, 1.165) is 23.2 Å². The van der Waals surface area contributed by atoms with Crippen molar-refractivity contribution in [3.05, 3.63) is 53.1 Å². The van der Waals surface area contributed by atoms with Gasteiger partial charge in [0.05, 0.1) is 4.90 Å². The number of aryl methyl sites for hydroxylation is 3. The molecule has 0 radical (unpaired) electrons. The van der Waals surface area contributed by atoms with Crippen LogP contribution in [0.15, 0.2) is 41.3 Å². The van der Waals surface area contributed by atoms with Crippen molar-refractivity contribution in [1.29, 1.82) is 0 Å². The maximum Gasteiger partial charge on any atom is 0.262 e. The second-order valence-electron chi connectivity index (χ2n) is 7.95. The maximum atomic E-state index is 12.9. The number of sulfonamides is 1. The smallest absolute Gasteiger partial charge is 0.262 e. The summed E-state index contributed by atoms with van der Waals surface area (Å²) in [5.74, 6) is 0.652. The van der Waals surface area contributed by atoms with E-state index < -0.39 is 10.0 Å². The number of fused-ring (bicyclic) bond motifs is 1. The molecule has 2 aromatic rings. The van der Waals surface area contributed by atoms with Gasteiger partial charge in [0.15, 0.2) is 0 Å². The highest BCUT2D eigenvalue weighted by Crippen LogP contribution is 2.32. The molecule has 3 rings (SSSR count). The van der Waals surface area contributed by atoms with Gasteiger partial charge in [-0.15, -0.1) is 0 Å². The topological polar surface area (TPSA) is 66.5 Å². The van der Waals surface area contributed by atoms with E-state index in [1.807, 2.05) is 36.1 Å². The summed E-state index contributed by atoms with van der Waals surface area (Å²) in [6.07, 6.45) is 2.02. The number of carbonyl (C=O) groups excluding carboxylic acids is 1. The number of amides is 1. The Morgan fingerprint density at radius 1 is 1.07 bits per heavy atom. The molecule has 0 bridgehead atoms. The summed E-state index contributed by atoms with van der Waals surface area (Å²) in [5.41, 5.74) is 4.03. The highest BCUT2D eigenvalue weighted by Gasteiger charge is 2.25. The van der Waals surface area contributed by atoms with Crippen molar-refractivity contribution >= 4 is 27.3 Å². The van der Waals surface area contributed by atoms with Crippen molar-refractivity contribution in [3.8, 4) is 0 Å². The molecular formula is C22H28N2O3S. The Bertz CT molecular complexity index is 997. The molecular weight excluding hydrogens is 372 g/mol. The molecule has 0 aromatic heterocycles. The Kier molecular flexibility index (Phi) is 5.79. The van der Waals surface area contributed by atoms with Gasteiger partial charge in [-0.05, 0) is 73.6 Å². The van der Waals surface area contributed by atoms with Gasteiger partial charge in [0.2, 0.25) is 5.91 Å². The van der Waals surface area contributed by atoms with E-state index >= 15 is 0 Å². The fourth-order valence-corrected chi connectivity index (χ4v) is 4.84. The lowest BCUT2D eigenvalue weighted by atomic mass is 9.99. The molecule has 1 aliphatic rings. The van der Waals surface area contributed by atoms with Crippen LogP contribution < -0.4 is 9.62 Å². The molecule has 0 unspecified atom stereocenters. The SMILES string of the molecule is Cc1ccc(C)c(S(=O)(=O)Nc2ccc3c(c2)CCC(=O)N3CCC(C)C)c1. The van der Waals surface area contributed by atoms with E-state index in [1.54, 1.807) is 19.1 Å². The van der Waals surface area contributed by atoms with Gasteiger partial charge in [-0.1, -0.05) is 26.0 Å². The van der Waals surface area contributed by atoms with Gasteiger partial charge in [0, 0.05) is 24.3 Å². The number of carbonyl (C=O) groups is 1. The van der Waals surface area contributed by atoms with Gasteiger partial charge in [0.1, 0.15) is 0 Å². The van der Waals surface area contributed by atoms with E-state index in [-0.39, 0.29) is 5.91 Å². The number of nitrogens with zero attached hydrogens (tertiary/aromatic N) is 1. The molecule has 150 valence electrons. The molecule has 1 aliphatic heterocycles. The van der Waals surface area contributed by atoms with Crippen molar-refractivity contribution in [2.75, 3.05) is 16.2 Å². The Morgan fingerprint density at radius 3 is 2.54 bits per heavy atom. The predicted molar refractivity (Wildman–Crippen MR) is 113 cm³/mol. The van der Waals surface area contributed by atoms with Gasteiger partial charge in [-0.2, -0.15) is 0 Å². The predicted octanol–water partition coefficient (Wildman–Crippen LogP) is 4.43. The summed E-state index contributed by atoms with van der Waals surface area (Å²) < 4.78 is 28.4. The molecule has 0 spiro atoms. The van der Waals surface area contributed by atoms with Crippen LogP contribution in [-0.2, 0) is 21.2 Å². The van der Waals surface area contributed by atoms with Crippen LogP contribution in [0.4, 0.5) is 11.4 Å². The summed E-state index contributed by atoms with van der Waals surface area (Å²) in [5, 5.41) is 0. The zero-order valence-electron chi connectivity index (χ0n) is 17.0. The normalized spacial score (nSPS) is 14.3. The Morgan fingerprint density at radius 2 is 1.82 bits per heavy atom. The summed E-state index contributed by atoms with van der Waals surface area (Å²) in [7, 11) is -3.67. The molecule has 6 heteroatoms. The lowest BCUT2D eigenvalue weighted by Gasteiger charge is -2.30. The largest absolute Gasteiger partial charge is 0.312 e. The first-order chi connectivity index (χ1) is 13.2. The summed E-state index contributed by atoms with van der Waals surface area (Å²) in [6.45, 7) is 8.64. The van der Waals surface area contributed by atoms with Crippen LogP contribution >= 0.6 is 0 Å². The number of hydrogen-bond acceptors (Lipinski definition) is 3. The molecule has 0 atom stereocenters. The van der Waals surface area contributed by atoms with E-state index in [0.29, 0.717) is 41.5 Å². The van der Waals surface area contributed by atoms with E-state index in [2.05, 4.69) is 18.6 Å². The zero-order valence-corrected chi connectivity index (χ0v) is 17.8. The zero-order chi connectivity index (χ0) is 20.5. The van der Waals surface area contributed by atoms with E-state index in [4.69, 9.17) is 0 Å². The molecule has 0 fully saturated rings. The van der Waals surface area contributed by atoms with Gasteiger partial charge < -0.3 is 4.90 Å². The van der Waals surface area contributed by atoms with Crippen LogP contribution in [-0.4, -0.2) is 20.9 Å². The molecule has 0 aliphatic carbocycles. The standard InChI is InChI=1S/C22H28N2O3S/c1-15(2)11-12-24-20-9-8-19(14-18(20)7-10-22(24)25)23-28(26,27)21-13-16(3)5-6-17(21)4/h5-6,8-9,13-15,23H,7,10-12H2,1-4H3. The van der Waals surface area contributed by atoms with Crippen LogP contribution in [0.5, 0.6) is 0 Å². The second-order valence-corrected chi connectivity index (χ2v) is 9.60. The average molecular weight is 401 g/mol. The number of hydrogen-bond donors (Lipinski definition) is 1. The number of rotatable bonds is 6. The van der Waals surface area contributed by atoms with E-state index in [1.165, 1.54) is 0 Å². The third-order valence-corrected chi connectivity index (χ3v) is 6.62. The van der Waals surface area contributed by atoms with Crippen molar-refractivity contribution in [3.63, 3.8) is 0 Å². The molecule has 1 N–H and O–H groups in total. The quantitative estimate of drug-likeness (QED) is 0.780. The third-order valence-electron chi connectivity index (χ3n) is 5.09. The van der Waals surface area contributed by atoms with Gasteiger partial charge in [-0.3, -0.25) is 9.52 Å².